The summed E-state index contributed by atoms with van der Waals surface area (Å²) in [5.74, 6) is -1.21. The number of aromatic nitrogens is 3. The highest BCUT2D eigenvalue weighted by atomic mass is 19.1. The number of β-amino-alcohol motifs (C(OH)–C–C–N with tert-alkyl or cyclic N) is 1. The van der Waals surface area contributed by atoms with Crippen LogP contribution in [0.1, 0.15) is 48.5 Å². The summed E-state index contributed by atoms with van der Waals surface area (Å²) in [6, 6.07) is 2.48. The van der Waals surface area contributed by atoms with Crippen LogP contribution in [-0.2, 0) is 5.41 Å². The fourth-order valence-corrected chi connectivity index (χ4v) is 4.50. The Kier molecular flexibility index (Phi) is 3.64. The first kappa shape index (κ1) is 17.6. The van der Waals surface area contributed by atoms with E-state index in [1.165, 1.54) is 6.07 Å². The van der Waals surface area contributed by atoms with Crippen molar-refractivity contribution >= 4 is 22.6 Å². The Morgan fingerprint density at radius 1 is 1.32 bits per heavy atom. The molecule has 2 aliphatic rings. The first-order chi connectivity index (χ1) is 13.3. The Bertz CT molecular complexity index is 1090. The number of imidazole rings is 1. The first-order valence-electron chi connectivity index (χ1n) is 9.72. The molecule has 1 aliphatic carbocycles. The number of nitrogens with two attached hydrogens (primary N) is 1. The average molecular weight is 385 g/mol. The fraction of sp³-hybridized carbons (Fsp3) is 0.500. The van der Waals surface area contributed by atoms with Gasteiger partial charge in [-0.2, -0.15) is 0 Å². The molecule has 0 bridgehead atoms. The lowest BCUT2D eigenvalue weighted by Gasteiger charge is -2.39. The summed E-state index contributed by atoms with van der Waals surface area (Å²) in [5, 5.41) is 13.4. The molecule has 1 aliphatic heterocycles. The minimum Gasteiger partial charge on any atom is -0.389 e. The first-order valence-corrected chi connectivity index (χ1v) is 9.72. The number of benzene rings is 1. The van der Waals surface area contributed by atoms with Gasteiger partial charge in [0.1, 0.15) is 11.3 Å². The van der Waals surface area contributed by atoms with Crippen LogP contribution in [0, 0.1) is 5.82 Å². The maximum Gasteiger partial charge on any atom is 0.251 e. The number of amides is 1. The van der Waals surface area contributed by atoms with Gasteiger partial charge in [-0.05, 0) is 44.8 Å². The lowest BCUT2D eigenvalue weighted by molar-refractivity contribution is 0.0683. The van der Waals surface area contributed by atoms with Gasteiger partial charge in [0.15, 0.2) is 5.65 Å². The van der Waals surface area contributed by atoms with E-state index in [9.17, 15) is 14.3 Å². The zero-order chi connectivity index (χ0) is 19.7. The third kappa shape index (κ3) is 2.70. The number of halogens is 1. The van der Waals surface area contributed by atoms with Gasteiger partial charge in [0, 0.05) is 29.8 Å². The van der Waals surface area contributed by atoms with Crippen molar-refractivity contribution in [2.24, 2.45) is 5.73 Å². The van der Waals surface area contributed by atoms with Crippen LogP contribution in [0.5, 0.6) is 0 Å². The molecule has 148 valence electrons. The summed E-state index contributed by atoms with van der Waals surface area (Å²) in [5.41, 5.74) is 7.71. The van der Waals surface area contributed by atoms with Crippen molar-refractivity contribution < 1.29 is 14.3 Å². The van der Waals surface area contributed by atoms with E-state index in [0.717, 1.165) is 56.9 Å². The number of carbonyl (C=O) groups is 1. The number of nitrogens with zero attached hydrogens (tertiary/aromatic N) is 3. The largest absolute Gasteiger partial charge is 0.389 e. The van der Waals surface area contributed by atoms with Crippen LogP contribution in [0.4, 0.5) is 4.39 Å². The molecule has 3 aromatic rings. The van der Waals surface area contributed by atoms with Crippen LogP contribution in [0.3, 0.4) is 0 Å². The molecule has 1 saturated carbocycles. The minimum absolute atomic E-state index is 0.0866. The SMILES string of the molecule is CC1(c2c[nH]n3c2nc2cc(F)cc(C(N)=O)c23)CCN(CC2(O)CC2)CC1. The van der Waals surface area contributed by atoms with Crippen LogP contribution >= 0.6 is 0 Å². The fourth-order valence-electron chi connectivity index (χ4n) is 4.50. The molecule has 0 unspecified atom stereocenters. The van der Waals surface area contributed by atoms with Gasteiger partial charge in [-0.25, -0.2) is 13.9 Å². The highest BCUT2D eigenvalue weighted by Gasteiger charge is 2.43. The van der Waals surface area contributed by atoms with Crippen LogP contribution in [-0.4, -0.2) is 55.7 Å². The molecule has 0 atom stereocenters. The van der Waals surface area contributed by atoms with Gasteiger partial charge in [-0.15, -0.1) is 0 Å². The number of nitrogens with one attached hydrogen (secondary N) is 1. The number of hydrogen-bond donors (Lipinski definition) is 3. The van der Waals surface area contributed by atoms with Gasteiger partial charge < -0.3 is 15.7 Å². The summed E-state index contributed by atoms with van der Waals surface area (Å²) < 4.78 is 15.6. The molecule has 0 spiro atoms. The second-order valence-electron chi connectivity index (χ2n) is 8.70. The Labute approximate surface area is 161 Å². The molecule has 28 heavy (non-hydrogen) atoms. The second kappa shape index (κ2) is 5.78. The van der Waals surface area contributed by atoms with Crippen molar-refractivity contribution in [1.29, 1.82) is 0 Å². The number of aromatic amines is 1. The van der Waals surface area contributed by atoms with Gasteiger partial charge in [-0.1, -0.05) is 6.92 Å². The topological polar surface area (TPSA) is 99.7 Å². The van der Waals surface area contributed by atoms with E-state index in [4.69, 9.17) is 5.73 Å². The van der Waals surface area contributed by atoms with Crippen LogP contribution in [0.2, 0.25) is 0 Å². The van der Waals surface area contributed by atoms with Crippen molar-refractivity contribution in [2.75, 3.05) is 19.6 Å². The maximum absolute atomic E-state index is 13.9. The number of fused-ring (bicyclic) bond motifs is 3. The van der Waals surface area contributed by atoms with E-state index < -0.39 is 17.3 Å². The van der Waals surface area contributed by atoms with Gasteiger partial charge in [0.2, 0.25) is 0 Å². The molecular weight excluding hydrogens is 361 g/mol. The number of likely N-dealkylation sites (tertiary alicyclic amines) is 1. The zero-order valence-electron chi connectivity index (χ0n) is 15.8. The molecule has 0 radical (unpaired) electrons. The standard InChI is InChI=1S/C20H24FN5O2/c1-19(4-6-25(7-5-19)11-20(28)2-3-20)14-10-23-26-16-13(17(22)27)8-12(21)9-15(16)24-18(14)26/h8-10,23,28H,2-7,11H2,1H3,(H2,22,27). The number of primary amides is 1. The summed E-state index contributed by atoms with van der Waals surface area (Å²) in [6.45, 7) is 4.80. The molecule has 2 aromatic heterocycles. The van der Waals surface area contributed by atoms with Crippen molar-refractivity contribution in [3.05, 3.63) is 35.3 Å². The third-order valence-corrected chi connectivity index (χ3v) is 6.52. The van der Waals surface area contributed by atoms with Gasteiger partial charge in [0.05, 0.1) is 16.7 Å². The van der Waals surface area contributed by atoms with Gasteiger partial charge >= 0.3 is 0 Å². The molecule has 2 fully saturated rings. The highest BCUT2D eigenvalue weighted by Crippen LogP contribution is 2.41. The number of carbonyl (C=O) groups excluding carboxylic acids is 1. The zero-order valence-corrected chi connectivity index (χ0v) is 15.8. The molecular formula is C20H24FN5O2. The van der Waals surface area contributed by atoms with E-state index in [0.29, 0.717) is 16.7 Å². The normalized spacial score (nSPS) is 21.4. The van der Waals surface area contributed by atoms with Crippen molar-refractivity contribution in [3.8, 4) is 0 Å². The minimum atomic E-state index is -0.681. The molecule has 7 nitrogen and oxygen atoms in total. The Hall–Kier alpha value is -2.45. The highest BCUT2D eigenvalue weighted by molar-refractivity contribution is 6.05. The number of piperidine rings is 1. The smallest absolute Gasteiger partial charge is 0.251 e. The molecule has 1 saturated heterocycles. The predicted molar refractivity (Wildman–Crippen MR) is 103 cm³/mol. The maximum atomic E-state index is 13.9. The summed E-state index contributed by atoms with van der Waals surface area (Å²) >= 11 is 0. The third-order valence-electron chi connectivity index (χ3n) is 6.52. The predicted octanol–water partition coefficient (Wildman–Crippen LogP) is 1.93. The number of H-pyrrole nitrogens is 1. The van der Waals surface area contributed by atoms with Crippen LogP contribution in [0.15, 0.2) is 18.3 Å². The van der Waals surface area contributed by atoms with E-state index >= 15 is 0 Å². The molecule has 8 heteroatoms. The lowest BCUT2D eigenvalue weighted by atomic mass is 9.75. The number of hydrogen-bond acceptors (Lipinski definition) is 4. The van der Waals surface area contributed by atoms with Crippen LogP contribution in [0.25, 0.3) is 16.7 Å². The van der Waals surface area contributed by atoms with Crippen molar-refractivity contribution in [1.82, 2.24) is 19.5 Å². The molecule has 3 heterocycles. The van der Waals surface area contributed by atoms with E-state index in [2.05, 4.69) is 21.9 Å². The lowest BCUT2D eigenvalue weighted by Crippen LogP contribution is -2.44. The molecule has 5 rings (SSSR count). The second-order valence-corrected chi connectivity index (χ2v) is 8.70. The van der Waals surface area contributed by atoms with Crippen molar-refractivity contribution in [2.45, 2.75) is 43.6 Å². The van der Waals surface area contributed by atoms with Crippen LogP contribution < -0.4 is 5.73 Å². The quantitative estimate of drug-likeness (QED) is 0.639. The molecule has 1 amide bonds. The monoisotopic (exact) mass is 385 g/mol. The van der Waals surface area contributed by atoms with Gasteiger partial charge in [0.25, 0.3) is 5.91 Å². The number of rotatable bonds is 4. The molecule has 4 N–H and O–H groups in total. The summed E-state index contributed by atoms with van der Waals surface area (Å²) in [4.78, 5) is 18.8. The van der Waals surface area contributed by atoms with Crippen molar-refractivity contribution in [3.63, 3.8) is 0 Å². The summed E-state index contributed by atoms with van der Waals surface area (Å²) in [7, 11) is 0. The Morgan fingerprint density at radius 3 is 2.68 bits per heavy atom. The van der Waals surface area contributed by atoms with E-state index in [1.807, 2.05) is 6.20 Å². The Morgan fingerprint density at radius 2 is 2.04 bits per heavy atom. The van der Waals surface area contributed by atoms with Gasteiger partial charge in [-0.3, -0.25) is 9.89 Å². The Balaban J connectivity index is 1.51. The van der Waals surface area contributed by atoms with E-state index in [1.54, 1.807) is 4.52 Å². The van der Waals surface area contributed by atoms with E-state index in [-0.39, 0.29) is 11.0 Å². The number of aliphatic hydroxyl groups is 1. The molecule has 1 aromatic carbocycles. The average Bonchev–Trinajstić information content (AvgIpc) is 3.06. The summed E-state index contributed by atoms with van der Waals surface area (Å²) in [6.07, 6.45) is 5.62.